The molecule has 0 saturated carbocycles. The third-order valence-electron chi connectivity index (χ3n) is 2.25. The molecule has 98 valence electrons. The number of hydrogen-bond acceptors (Lipinski definition) is 3. The summed E-state index contributed by atoms with van der Waals surface area (Å²) in [5.41, 5.74) is 3.53. The zero-order valence-corrected chi connectivity index (χ0v) is 12.3. The smallest absolute Gasteiger partial charge is 0.274 e. The fraction of sp³-hybridized carbons (Fsp3) is 0.0833. The van der Waals surface area contributed by atoms with Crippen molar-refractivity contribution in [3.63, 3.8) is 0 Å². The molecule has 0 radical (unpaired) electrons. The summed E-state index contributed by atoms with van der Waals surface area (Å²) < 4.78 is 2.16. The number of hydrogen-bond donors (Lipinski definition) is 1. The first-order chi connectivity index (χ1) is 9.06. The van der Waals surface area contributed by atoms with Crippen LogP contribution in [0.3, 0.4) is 0 Å². The van der Waals surface area contributed by atoms with Gasteiger partial charge in [-0.2, -0.15) is 10.2 Å². The van der Waals surface area contributed by atoms with Crippen molar-refractivity contribution in [3.8, 4) is 0 Å². The van der Waals surface area contributed by atoms with E-state index in [9.17, 15) is 4.79 Å². The highest BCUT2D eigenvalue weighted by atomic mass is 79.9. The van der Waals surface area contributed by atoms with Crippen molar-refractivity contribution in [3.05, 3.63) is 51.2 Å². The van der Waals surface area contributed by atoms with Crippen molar-refractivity contribution in [1.29, 1.82) is 0 Å². The number of amides is 1. The van der Waals surface area contributed by atoms with Crippen LogP contribution in [-0.2, 0) is 7.05 Å². The second-order valence-electron chi connectivity index (χ2n) is 3.75. The molecule has 1 aromatic heterocycles. The van der Waals surface area contributed by atoms with Gasteiger partial charge < -0.3 is 0 Å². The Morgan fingerprint density at radius 1 is 1.47 bits per heavy atom. The minimum atomic E-state index is -0.377. The summed E-state index contributed by atoms with van der Waals surface area (Å²) in [5, 5.41) is 8.53. The van der Waals surface area contributed by atoms with Gasteiger partial charge in [-0.3, -0.25) is 9.48 Å². The molecule has 0 unspecified atom stereocenters. The number of carbonyl (C=O) groups excluding carboxylic acids is 1. The zero-order chi connectivity index (χ0) is 13.8. The number of halogens is 2. The first-order valence-electron chi connectivity index (χ1n) is 5.34. The Morgan fingerprint density at radius 2 is 2.16 bits per heavy atom. The van der Waals surface area contributed by atoms with Crippen LogP contribution in [0.4, 0.5) is 0 Å². The standard InChI is InChI=1S/C12H10BrClN4O/c1-18-7-10(13)11(17-18)12(19)16-15-6-8-2-4-9(14)5-3-8/h2-7H,1H3,(H,16,19). The number of nitrogens with zero attached hydrogens (tertiary/aromatic N) is 3. The largest absolute Gasteiger partial charge is 0.293 e. The van der Waals surface area contributed by atoms with Crippen LogP contribution in [0.25, 0.3) is 0 Å². The number of rotatable bonds is 3. The molecule has 0 saturated heterocycles. The molecule has 5 nitrogen and oxygen atoms in total. The van der Waals surface area contributed by atoms with Crippen LogP contribution in [0.5, 0.6) is 0 Å². The second-order valence-corrected chi connectivity index (χ2v) is 5.04. The maximum absolute atomic E-state index is 11.8. The van der Waals surface area contributed by atoms with Gasteiger partial charge in [-0.05, 0) is 33.6 Å². The van der Waals surface area contributed by atoms with Gasteiger partial charge in [0.15, 0.2) is 5.69 Å². The van der Waals surface area contributed by atoms with E-state index in [4.69, 9.17) is 11.6 Å². The van der Waals surface area contributed by atoms with E-state index in [1.54, 1.807) is 42.2 Å². The molecular formula is C12H10BrClN4O. The first-order valence-corrected chi connectivity index (χ1v) is 6.51. The summed E-state index contributed by atoms with van der Waals surface area (Å²) in [7, 11) is 1.73. The summed E-state index contributed by atoms with van der Waals surface area (Å²) in [6, 6.07) is 7.10. The van der Waals surface area contributed by atoms with E-state index in [1.165, 1.54) is 6.21 Å². The highest BCUT2D eigenvalue weighted by molar-refractivity contribution is 9.10. The zero-order valence-electron chi connectivity index (χ0n) is 9.97. The maximum atomic E-state index is 11.8. The molecule has 0 atom stereocenters. The maximum Gasteiger partial charge on any atom is 0.293 e. The van der Waals surface area contributed by atoms with Gasteiger partial charge in [0.1, 0.15) is 0 Å². The normalized spacial score (nSPS) is 10.9. The van der Waals surface area contributed by atoms with Crippen LogP contribution in [0.15, 0.2) is 40.0 Å². The third-order valence-corrected chi connectivity index (χ3v) is 3.08. The minimum Gasteiger partial charge on any atom is -0.274 e. The molecule has 0 spiro atoms. The lowest BCUT2D eigenvalue weighted by Gasteiger charge is -1.96. The number of benzene rings is 1. The average molecular weight is 342 g/mol. The predicted molar refractivity (Wildman–Crippen MR) is 77.4 cm³/mol. The van der Waals surface area contributed by atoms with Gasteiger partial charge in [0, 0.05) is 18.3 Å². The number of aromatic nitrogens is 2. The molecule has 1 heterocycles. The van der Waals surface area contributed by atoms with Crippen molar-refractivity contribution >= 4 is 39.7 Å². The van der Waals surface area contributed by atoms with E-state index in [0.29, 0.717) is 9.50 Å². The molecule has 0 aliphatic carbocycles. The predicted octanol–water partition coefficient (Wildman–Crippen LogP) is 2.60. The Morgan fingerprint density at radius 3 is 2.74 bits per heavy atom. The van der Waals surface area contributed by atoms with Crippen molar-refractivity contribution in [2.45, 2.75) is 0 Å². The molecule has 7 heteroatoms. The van der Waals surface area contributed by atoms with Crippen LogP contribution in [0, 0.1) is 0 Å². The van der Waals surface area contributed by atoms with Gasteiger partial charge >= 0.3 is 0 Å². The minimum absolute atomic E-state index is 0.288. The molecule has 19 heavy (non-hydrogen) atoms. The van der Waals surface area contributed by atoms with E-state index in [1.807, 2.05) is 0 Å². The van der Waals surface area contributed by atoms with Crippen molar-refractivity contribution < 1.29 is 4.79 Å². The van der Waals surface area contributed by atoms with Gasteiger partial charge in [0.25, 0.3) is 5.91 Å². The Hall–Kier alpha value is -1.66. The molecule has 1 N–H and O–H groups in total. The Balaban J connectivity index is 2.00. The summed E-state index contributed by atoms with van der Waals surface area (Å²) >= 11 is 9.02. The Labute approximate surface area is 123 Å². The lowest BCUT2D eigenvalue weighted by atomic mass is 10.2. The van der Waals surface area contributed by atoms with Gasteiger partial charge in [-0.25, -0.2) is 5.43 Å². The SMILES string of the molecule is Cn1cc(Br)c(C(=O)NN=Cc2ccc(Cl)cc2)n1. The van der Waals surface area contributed by atoms with E-state index < -0.39 is 0 Å². The monoisotopic (exact) mass is 340 g/mol. The quantitative estimate of drug-likeness (QED) is 0.689. The van der Waals surface area contributed by atoms with E-state index in [-0.39, 0.29) is 11.6 Å². The van der Waals surface area contributed by atoms with Crippen LogP contribution < -0.4 is 5.43 Å². The van der Waals surface area contributed by atoms with Gasteiger partial charge in [-0.15, -0.1) is 0 Å². The lowest BCUT2D eigenvalue weighted by molar-refractivity contribution is 0.0948. The van der Waals surface area contributed by atoms with Gasteiger partial charge in [0.2, 0.25) is 0 Å². The highest BCUT2D eigenvalue weighted by Gasteiger charge is 2.13. The van der Waals surface area contributed by atoms with Crippen molar-refractivity contribution in [2.75, 3.05) is 0 Å². The molecule has 0 aliphatic rings. The fourth-order valence-corrected chi connectivity index (χ4v) is 2.06. The third kappa shape index (κ3) is 3.65. The van der Waals surface area contributed by atoms with Gasteiger partial charge in [-0.1, -0.05) is 23.7 Å². The molecule has 2 rings (SSSR count). The lowest BCUT2D eigenvalue weighted by Crippen LogP contribution is -2.18. The molecule has 2 aromatic rings. The van der Waals surface area contributed by atoms with Crippen LogP contribution >= 0.6 is 27.5 Å². The molecule has 0 fully saturated rings. The van der Waals surface area contributed by atoms with Crippen LogP contribution in [0.1, 0.15) is 16.1 Å². The Bertz CT molecular complexity index is 621. The second kappa shape index (κ2) is 5.99. The number of hydrazone groups is 1. The highest BCUT2D eigenvalue weighted by Crippen LogP contribution is 2.13. The van der Waals surface area contributed by atoms with E-state index in [2.05, 4.69) is 31.6 Å². The molecule has 0 bridgehead atoms. The van der Waals surface area contributed by atoms with Gasteiger partial charge in [0.05, 0.1) is 10.7 Å². The van der Waals surface area contributed by atoms with Crippen LogP contribution in [-0.4, -0.2) is 21.9 Å². The summed E-state index contributed by atoms with van der Waals surface area (Å²) in [5.74, 6) is -0.377. The molecule has 1 aromatic carbocycles. The number of carbonyl (C=O) groups is 1. The first kappa shape index (κ1) is 13.8. The molecule has 0 aliphatic heterocycles. The summed E-state index contributed by atoms with van der Waals surface area (Å²) in [4.78, 5) is 11.8. The summed E-state index contributed by atoms with van der Waals surface area (Å²) in [6.45, 7) is 0. The topological polar surface area (TPSA) is 59.3 Å². The fourth-order valence-electron chi connectivity index (χ4n) is 1.38. The van der Waals surface area contributed by atoms with Crippen molar-refractivity contribution in [2.24, 2.45) is 12.1 Å². The average Bonchev–Trinajstić information content (AvgIpc) is 2.71. The van der Waals surface area contributed by atoms with E-state index >= 15 is 0 Å². The number of nitrogens with one attached hydrogen (secondary N) is 1. The molecular weight excluding hydrogens is 332 g/mol. The molecule has 1 amide bonds. The number of aryl methyl sites for hydroxylation is 1. The Kier molecular flexibility index (Phi) is 4.34. The van der Waals surface area contributed by atoms with Crippen molar-refractivity contribution in [1.82, 2.24) is 15.2 Å². The van der Waals surface area contributed by atoms with Crippen LogP contribution in [0.2, 0.25) is 5.02 Å². The van der Waals surface area contributed by atoms with E-state index in [0.717, 1.165) is 5.56 Å². The summed E-state index contributed by atoms with van der Waals surface area (Å²) in [6.07, 6.45) is 3.23.